The molecule has 0 saturated carbocycles. The SMILES string of the molecule is CCCNC(CO)c1ccc(Cl)cc1. The fraction of sp³-hybridized carbons (Fsp3) is 0.455. The van der Waals surface area contributed by atoms with E-state index < -0.39 is 0 Å². The van der Waals surface area contributed by atoms with Crippen LogP contribution in [0.1, 0.15) is 24.9 Å². The predicted molar refractivity (Wildman–Crippen MR) is 59.6 cm³/mol. The van der Waals surface area contributed by atoms with Crippen molar-refractivity contribution in [3.8, 4) is 0 Å². The molecule has 2 nitrogen and oxygen atoms in total. The summed E-state index contributed by atoms with van der Waals surface area (Å²) in [4.78, 5) is 0. The molecule has 78 valence electrons. The fourth-order valence-corrected chi connectivity index (χ4v) is 1.43. The van der Waals surface area contributed by atoms with Crippen molar-refractivity contribution in [2.45, 2.75) is 19.4 Å². The molecule has 0 aliphatic rings. The Morgan fingerprint density at radius 1 is 1.36 bits per heavy atom. The minimum absolute atomic E-state index is 0.0206. The van der Waals surface area contributed by atoms with Gasteiger partial charge < -0.3 is 10.4 Å². The molecular formula is C11H16ClNO. The van der Waals surface area contributed by atoms with E-state index in [0.29, 0.717) is 0 Å². The summed E-state index contributed by atoms with van der Waals surface area (Å²) in [6.07, 6.45) is 1.06. The maximum atomic E-state index is 9.18. The molecule has 0 aliphatic heterocycles. The van der Waals surface area contributed by atoms with Gasteiger partial charge in [0.1, 0.15) is 0 Å². The summed E-state index contributed by atoms with van der Waals surface area (Å²) in [5, 5.41) is 13.2. The molecule has 0 radical (unpaired) electrons. The summed E-state index contributed by atoms with van der Waals surface area (Å²) in [5.74, 6) is 0. The molecule has 1 aromatic rings. The zero-order chi connectivity index (χ0) is 10.4. The van der Waals surface area contributed by atoms with Gasteiger partial charge in [-0.1, -0.05) is 30.7 Å². The quantitative estimate of drug-likeness (QED) is 0.787. The third-order valence-corrected chi connectivity index (χ3v) is 2.35. The van der Waals surface area contributed by atoms with E-state index in [1.807, 2.05) is 24.3 Å². The van der Waals surface area contributed by atoms with Gasteiger partial charge in [0.15, 0.2) is 0 Å². The highest BCUT2D eigenvalue weighted by atomic mass is 35.5. The van der Waals surface area contributed by atoms with E-state index in [1.165, 1.54) is 0 Å². The molecule has 0 saturated heterocycles. The van der Waals surface area contributed by atoms with Crippen molar-refractivity contribution in [1.29, 1.82) is 0 Å². The second-order valence-corrected chi connectivity index (χ2v) is 3.68. The molecule has 2 N–H and O–H groups in total. The zero-order valence-corrected chi connectivity index (χ0v) is 9.09. The molecule has 14 heavy (non-hydrogen) atoms. The van der Waals surface area contributed by atoms with Gasteiger partial charge in [-0.05, 0) is 30.7 Å². The van der Waals surface area contributed by atoms with Crippen molar-refractivity contribution < 1.29 is 5.11 Å². The van der Waals surface area contributed by atoms with Crippen molar-refractivity contribution in [3.05, 3.63) is 34.9 Å². The Balaban J connectivity index is 2.64. The summed E-state index contributed by atoms with van der Waals surface area (Å²) in [6.45, 7) is 3.12. The molecule has 0 spiro atoms. The highest BCUT2D eigenvalue weighted by Crippen LogP contribution is 2.15. The van der Waals surface area contributed by atoms with Gasteiger partial charge in [0, 0.05) is 5.02 Å². The van der Waals surface area contributed by atoms with E-state index in [9.17, 15) is 5.11 Å². The lowest BCUT2D eigenvalue weighted by Gasteiger charge is -2.16. The van der Waals surface area contributed by atoms with E-state index in [1.54, 1.807) is 0 Å². The summed E-state index contributed by atoms with van der Waals surface area (Å²) in [6, 6.07) is 7.57. The van der Waals surface area contributed by atoms with Crippen LogP contribution in [0.3, 0.4) is 0 Å². The van der Waals surface area contributed by atoms with E-state index in [4.69, 9.17) is 11.6 Å². The minimum atomic E-state index is 0.0206. The number of hydrogen-bond acceptors (Lipinski definition) is 2. The second kappa shape index (κ2) is 6.02. The van der Waals surface area contributed by atoms with Gasteiger partial charge in [-0.15, -0.1) is 0 Å². The number of nitrogens with one attached hydrogen (secondary N) is 1. The van der Waals surface area contributed by atoms with Gasteiger partial charge in [0.05, 0.1) is 12.6 Å². The fourth-order valence-electron chi connectivity index (χ4n) is 1.30. The standard InChI is InChI=1S/C11H16ClNO/c1-2-7-13-11(8-14)9-3-5-10(12)6-4-9/h3-6,11,13-14H,2,7-8H2,1H3. The number of benzene rings is 1. The van der Waals surface area contributed by atoms with Crippen molar-refractivity contribution in [3.63, 3.8) is 0 Å². The van der Waals surface area contributed by atoms with Crippen LogP contribution in [0.15, 0.2) is 24.3 Å². The first-order valence-corrected chi connectivity index (χ1v) is 5.25. The maximum Gasteiger partial charge on any atom is 0.0626 e. The number of halogens is 1. The number of rotatable bonds is 5. The number of aliphatic hydroxyl groups is 1. The minimum Gasteiger partial charge on any atom is -0.394 e. The van der Waals surface area contributed by atoms with Crippen LogP contribution >= 0.6 is 11.6 Å². The van der Waals surface area contributed by atoms with Crippen molar-refractivity contribution in [1.82, 2.24) is 5.32 Å². The van der Waals surface area contributed by atoms with Crippen LogP contribution in [0.5, 0.6) is 0 Å². The van der Waals surface area contributed by atoms with Gasteiger partial charge in [-0.25, -0.2) is 0 Å². The Bertz CT molecular complexity index is 260. The zero-order valence-electron chi connectivity index (χ0n) is 8.33. The topological polar surface area (TPSA) is 32.3 Å². The molecule has 3 heteroatoms. The van der Waals surface area contributed by atoms with Crippen LogP contribution in [0.25, 0.3) is 0 Å². The van der Waals surface area contributed by atoms with Gasteiger partial charge >= 0.3 is 0 Å². The van der Waals surface area contributed by atoms with E-state index in [-0.39, 0.29) is 12.6 Å². The first-order chi connectivity index (χ1) is 6.77. The molecule has 0 heterocycles. The van der Waals surface area contributed by atoms with Gasteiger partial charge in [0.25, 0.3) is 0 Å². The molecule has 0 amide bonds. The summed E-state index contributed by atoms with van der Waals surface area (Å²) >= 11 is 5.78. The van der Waals surface area contributed by atoms with E-state index in [2.05, 4.69) is 12.2 Å². The molecule has 1 unspecified atom stereocenters. The molecule has 0 bridgehead atoms. The monoisotopic (exact) mass is 213 g/mol. The molecule has 0 aliphatic carbocycles. The van der Waals surface area contributed by atoms with Crippen molar-refractivity contribution in [2.75, 3.05) is 13.2 Å². The Morgan fingerprint density at radius 3 is 2.50 bits per heavy atom. The number of hydrogen-bond donors (Lipinski definition) is 2. The third kappa shape index (κ3) is 3.29. The van der Waals surface area contributed by atoms with Crippen molar-refractivity contribution in [2.24, 2.45) is 0 Å². The summed E-state index contributed by atoms with van der Waals surface area (Å²) in [5.41, 5.74) is 1.07. The average Bonchev–Trinajstić information content (AvgIpc) is 2.21. The lowest BCUT2D eigenvalue weighted by Crippen LogP contribution is -2.24. The number of aliphatic hydroxyl groups excluding tert-OH is 1. The Labute approximate surface area is 89.9 Å². The molecule has 1 rings (SSSR count). The summed E-state index contributed by atoms with van der Waals surface area (Å²) in [7, 11) is 0. The van der Waals surface area contributed by atoms with Crippen LogP contribution in [0.2, 0.25) is 5.02 Å². The van der Waals surface area contributed by atoms with Crippen molar-refractivity contribution >= 4 is 11.6 Å². The summed E-state index contributed by atoms with van der Waals surface area (Å²) < 4.78 is 0. The first kappa shape index (κ1) is 11.5. The lowest BCUT2D eigenvalue weighted by atomic mass is 10.1. The van der Waals surface area contributed by atoms with Crippen LogP contribution < -0.4 is 5.32 Å². The van der Waals surface area contributed by atoms with Crippen LogP contribution in [0, 0.1) is 0 Å². The van der Waals surface area contributed by atoms with Crippen LogP contribution in [0.4, 0.5) is 0 Å². The lowest BCUT2D eigenvalue weighted by molar-refractivity contribution is 0.245. The predicted octanol–water partition coefficient (Wildman–Crippen LogP) is 2.37. The largest absolute Gasteiger partial charge is 0.394 e. The average molecular weight is 214 g/mol. The van der Waals surface area contributed by atoms with Crippen LogP contribution in [-0.2, 0) is 0 Å². The highest BCUT2D eigenvalue weighted by Gasteiger charge is 2.07. The second-order valence-electron chi connectivity index (χ2n) is 3.24. The molecule has 0 fully saturated rings. The smallest absolute Gasteiger partial charge is 0.0626 e. The molecule has 1 atom stereocenters. The molecular weight excluding hydrogens is 198 g/mol. The Hall–Kier alpha value is -0.570. The Morgan fingerprint density at radius 2 is 2.00 bits per heavy atom. The maximum absolute atomic E-state index is 9.18. The van der Waals surface area contributed by atoms with E-state index in [0.717, 1.165) is 23.6 Å². The molecule has 0 aromatic heterocycles. The highest BCUT2D eigenvalue weighted by molar-refractivity contribution is 6.30. The van der Waals surface area contributed by atoms with Gasteiger partial charge in [0.2, 0.25) is 0 Å². The van der Waals surface area contributed by atoms with Crippen LogP contribution in [-0.4, -0.2) is 18.3 Å². The van der Waals surface area contributed by atoms with Gasteiger partial charge in [-0.2, -0.15) is 0 Å². The third-order valence-electron chi connectivity index (χ3n) is 2.10. The molecule has 1 aromatic carbocycles. The normalized spacial score (nSPS) is 12.8. The van der Waals surface area contributed by atoms with Gasteiger partial charge in [-0.3, -0.25) is 0 Å². The first-order valence-electron chi connectivity index (χ1n) is 4.87. The Kier molecular flexibility index (Phi) is 4.94. The van der Waals surface area contributed by atoms with E-state index >= 15 is 0 Å².